The predicted octanol–water partition coefficient (Wildman–Crippen LogP) is 3.38. The third-order valence-electron chi connectivity index (χ3n) is 5.27. The van der Waals surface area contributed by atoms with Crippen LogP contribution in [0.3, 0.4) is 0 Å². The number of nitrogens with one attached hydrogen (secondary N) is 2. The van der Waals surface area contributed by atoms with Gasteiger partial charge in [0.2, 0.25) is 0 Å². The lowest BCUT2D eigenvalue weighted by atomic mass is 10.1. The Balaban J connectivity index is 0.00000320. The largest absolute Gasteiger partial charge is 0.357 e. The van der Waals surface area contributed by atoms with Crippen LogP contribution in [0.15, 0.2) is 29.3 Å². The normalized spacial score (nSPS) is 15.7. The summed E-state index contributed by atoms with van der Waals surface area (Å²) in [5.74, 6) is 0.833. The lowest BCUT2D eigenvalue weighted by Crippen LogP contribution is -2.43. The molecule has 0 aliphatic carbocycles. The number of aryl methyl sites for hydroxylation is 2. The minimum absolute atomic E-state index is 0. The molecule has 0 unspecified atom stereocenters. The van der Waals surface area contributed by atoms with Gasteiger partial charge >= 0.3 is 0 Å². The molecule has 0 saturated carbocycles. The van der Waals surface area contributed by atoms with Gasteiger partial charge in [0.25, 0.3) is 0 Å². The molecule has 2 aromatic rings. The average Bonchev–Trinajstić information content (AvgIpc) is 3.04. The molecule has 1 aliphatic heterocycles. The first-order chi connectivity index (χ1) is 14.0. The molecule has 3 rings (SSSR count). The molecule has 0 spiro atoms. The number of thiazole rings is 1. The van der Waals surface area contributed by atoms with Gasteiger partial charge in [-0.1, -0.05) is 24.3 Å². The van der Waals surface area contributed by atoms with Crippen LogP contribution in [-0.2, 0) is 19.6 Å². The summed E-state index contributed by atoms with van der Waals surface area (Å²) < 4.78 is 0. The van der Waals surface area contributed by atoms with Crippen molar-refractivity contribution in [1.29, 1.82) is 0 Å². The van der Waals surface area contributed by atoms with Gasteiger partial charge in [0, 0.05) is 44.1 Å². The second kappa shape index (κ2) is 12.6. The molecule has 0 atom stereocenters. The number of hydrogen-bond donors (Lipinski definition) is 2. The molecule has 1 fully saturated rings. The number of aromatic nitrogens is 1. The van der Waals surface area contributed by atoms with Gasteiger partial charge in [0.1, 0.15) is 5.01 Å². The summed E-state index contributed by atoms with van der Waals surface area (Å²) in [4.78, 5) is 15.5. The van der Waals surface area contributed by atoms with Crippen LogP contribution in [0, 0.1) is 13.8 Å². The molecular formula is C22H35IN6S. The van der Waals surface area contributed by atoms with Crippen LogP contribution in [0.4, 0.5) is 0 Å². The van der Waals surface area contributed by atoms with E-state index in [1.807, 2.05) is 0 Å². The van der Waals surface area contributed by atoms with Crippen LogP contribution in [0.2, 0.25) is 0 Å². The summed E-state index contributed by atoms with van der Waals surface area (Å²) >= 11 is 1.74. The van der Waals surface area contributed by atoms with Gasteiger partial charge in [-0.05, 0) is 38.9 Å². The number of halogens is 1. The van der Waals surface area contributed by atoms with Gasteiger partial charge in [-0.3, -0.25) is 4.90 Å². The summed E-state index contributed by atoms with van der Waals surface area (Å²) in [6, 6.07) is 8.88. The molecule has 166 valence electrons. The average molecular weight is 543 g/mol. The molecule has 2 heterocycles. The van der Waals surface area contributed by atoms with Crippen LogP contribution >= 0.6 is 35.3 Å². The van der Waals surface area contributed by atoms with Crippen molar-refractivity contribution >= 4 is 41.3 Å². The zero-order chi connectivity index (χ0) is 20.6. The van der Waals surface area contributed by atoms with Crippen molar-refractivity contribution in [1.82, 2.24) is 25.4 Å². The van der Waals surface area contributed by atoms with E-state index in [4.69, 9.17) is 4.99 Å². The fourth-order valence-electron chi connectivity index (χ4n) is 3.30. The summed E-state index contributed by atoms with van der Waals surface area (Å²) in [7, 11) is 2.20. The summed E-state index contributed by atoms with van der Waals surface area (Å²) in [6.07, 6.45) is 0. The Bertz CT molecular complexity index is 777. The van der Waals surface area contributed by atoms with E-state index in [1.165, 1.54) is 16.0 Å². The standard InChI is InChI=1S/C22H34N6S.HI/c1-5-23-22(25-15-21-26-17(2)18(3)29-21)24-14-19-6-8-20(9-7-19)16-28-12-10-27(4)11-13-28;/h6-9H,5,10-16H2,1-4H3,(H2,23,24,25);1H. The smallest absolute Gasteiger partial charge is 0.191 e. The van der Waals surface area contributed by atoms with Gasteiger partial charge in [-0.15, -0.1) is 35.3 Å². The monoisotopic (exact) mass is 542 g/mol. The van der Waals surface area contributed by atoms with E-state index >= 15 is 0 Å². The van der Waals surface area contributed by atoms with Gasteiger partial charge in [-0.2, -0.15) is 0 Å². The Hall–Kier alpha value is -1.23. The lowest BCUT2D eigenvalue weighted by molar-refractivity contribution is 0.148. The Morgan fingerprint density at radius 1 is 1.07 bits per heavy atom. The first-order valence-corrected chi connectivity index (χ1v) is 11.3. The van der Waals surface area contributed by atoms with Crippen LogP contribution in [0.5, 0.6) is 0 Å². The van der Waals surface area contributed by atoms with E-state index in [0.29, 0.717) is 13.1 Å². The van der Waals surface area contributed by atoms with Gasteiger partial charge in [-0.25, -0.2) is 9.98 Å². The lowest BCUT2D eigenvalue weighted by Gasteiger charge is -2.32. The Kier molecular flexibility index (Phi) is 10.5. The molecule has 0 radical (unpaired) electrons. The number of guanidine groups is 1. The third kappa shape index (κ3) is 7.79. The number of hydrogen-bond acceptors (Lipinski definition) is 5. The van der Waals surface area contributed by atoms with Crippen molar-refractivity contribution in [2.24, 2.45) is 4.99 Å². The zero-order valence-corrected chi connectivity index (χ0v) is 21.7. The molecule has 1 saturated heterocycles. The molecule has 2 N–H and O–H groups in total. The van der Waals surface area contributed by atoms with E-state index in [2.05, 4.69) is 77.5 Å². The van der Waals surface area contributed by atoms with E-state index in [0.717, 1.165) is 55.9 Å². The first kappa shape index (κ1) is 25.0. The van der Waals surface area contributed by atoms with Crippen molar-refractivity contribution in [3.63, 3.8) is 0 Å². The molecular weight excluding hydrogens is 507 g/mol. The number of nitrogens with zero attached hydrogens (tertiary/aromatic N) is 4. The molecule has 30 heavy (non-hydrogen) atoms. The number of benzene rings is 1. The van der Waals surface area contributed by atoms with E-state index < -0.39 is 0 Å². The highest BCUT2D eigenvalue weighted by atomic mass is 127. The fourth-order valence-corrected chi connectivity index (χ4v) is 4.17. The molecule has 1 aromatic heterocycles. The third-order valence-corrected chi connectivity index (χ3v) is 6.34. The summed E-state index contributed by atoms with van der Waals surface area (Å²) in [5, 5.41) is 7.81. The fraction of sp³-hybridized carbons (Fsp3) is 0.545. The number of rotatable bonds is 7. The number of likely N-dealkylation sites (N-methyl/N-ethyl adjacent to an activating group) is 1. The molecule has 0 amide bonds. The molecule has 6 nitrogen and oxygen atoms in total. The zero-order valence-electron chi connectivity index (χ0n) is 18.6. The van der Waals surface area contributed by atoms with E-state index in [-0.39, 0.29) is 24.0 Å². The second-order valence-electron chi connectivity index (χ2n) is 7.69. The maximum atomic E-state index is 4.74. The highest BCUT2D eigenvalue weighted by Gasteiger charge is 2.13. The highest BCUT2D eigenvalue weighted by Crippen LogP contribution is 2.16. The van der Waals surface area contributed by atoms with Crippen molar-refractivity contribution in [2.75, 3.05) is 39.8 Å². The Morgan fingerprint density at radius 3 is 2.33 bits per heavy atom. The maximum Gasteiger partial charge on any atom is 0.191 e. The SMILES string of the molecule is CCNC(=NCc1ccc(CN2CCN(C)CC2)cc1)NCc1nc(C)c(C)s1.I. The van der Waals surface area contributed by atoms with Gasteiger partial charge in [0.15, 0.2) is 5.96 Å². The quantitative estimate of drug-likeness (QED) is 0.319. The first-order valence-electron chi connectivity index (χ1n) is 10.5. The van der Waals surface area contributed by atoms with Crippen LogP contribution in [0.25, 0.3) is 0 Å². The molecule has 1 aromatic carbocycles. The van der Waals surface area contributed by atoms with Crippen molar-refractivity contribution in [3.8, 4) is 0 Å². The van der Waals surface area contributed by atoms with E-state index in [1.54, 1.807) is 11.3 Å². The minimum atomic E-state index is 0. The minimum Gasteiger partial charge on any atom is -0.357 e. The van der Waals surface area contributed by atoms with Crippen molar-refractivity contribution in [2.45, 2.75) is 40.4 Å². The van der Waals surface area contributed by atoms with Gasteiger partial charge < -0.3 is 15.5 Å². The maximum absolute atomic E-state index is 4.74. The number of piperazine rings is 1. The number of aliphatic imine (C=N–C) groups is 1. The molecule has 1 aliphatic rings. The van der Waals surface area contributed by atoms with Crippen molar-refractivity contribution < 1.29 is 0 Å². The highest BCUT2D eigenvalue weighted by molar-refractivity contribution is 14.0. The van der Waals surface area contributed by atoms with Crippen LogP contribution in [0.1, 0.15) is 33.6 Å². The van der Waals surface area contributed by atoms with Crippen LogP contribution in [-0.4, -0.2) is 60.5 Å². The summed E-state index contributed by atoms with van der Waals surface area (Å²) in [6.45, 7) is 14.1. The van der Waals surface area contributed by atoms with Gasteiger partial charge in [0.05, 0.1) is 18.8 Å². The van der Waals surface area contributed by atoms with E-state index in [9.17, 15) is 0 Å². The molecule has 0 bridgehead atoms. The second-order valence-corrected chi connectivity index (χ2v) is 8.98. The Labute approximate surface area is 202 Å². The summed E-state index contributed by atoms with van der Waals surface area (Å²) in [5.41, 5.74) is 3.72. The molecule has 8 heteroatoms. The van der Waals surface area contributed by atoms with Crippen LogP contribution < -0.4 is 10.6 Å². The Morgan fingerprint density at radius 2 is 1.73 bits per heavy atom. The topological polar surface area (TPSA) is 55.8 Å². The van der Waals surface area contributed by atoms with Crippen molar-refractivity contribution in [3.05, 3.63) is 51.0 Å². The predicted molar refractivity (Wildman–Crippen MR) is 138 cm³/mol.